The van der Waals surface area contributed by atoms with Gasteiger partial charge in [0.1, 0.15) is 0 Å². The van der Waals surface area contributed by atoms with E-state index in [-0.39, 0.29) is 0 Å². The standard InChI is InChI=1S/C16H13F3/c17-16(18,19)10-12-9-11-5-1-2-6-13(11)15-8-4-3-7-14(12)15/h1-8,12H,9-10H2. The molecule has 0 nitrogen and oxygen atoms in total. The van der Waals surface area contributed by atoms with Crippen LogP contribution in [0.3, 0.4) is 0 Å². The second-order valence-electron chi connectivity index (χ2n) is 4.96. The largest absolute Gasteiger partial charge is 0.389 e. The summed E-state index contributed by atoms with van der Waals surface area (Å²) in [6.07, 6.45) is -4.41. The Bertz CT molecular complexity index is 599. The van der Waals surface area contributed by atoms with Crippen molar-refractivity contribution in [3.05, 3.63) is 59.7 Å². The van der Waals surface area contributed by atoms with E-state index in [2.05, 4.69) is 0 Å². The zero-order valence-corrected chi connectivity index (χ0v) is 10.2. The normalized spacial score (nSPS) is 17.7. The number of alkyl halides is 3. The third-order valence-corrected chi connectivity index (χ3v) is 3.65. The topological polar surface area (TPSA) is 0 Å². The Kier molecular flexibility index (Phi) is 2.85. The monoisotopic (exact) mass is 262 g/mol. The van der Waals surface area contributed by atoms with Gasteiger partial charge in [-0.3, -0.25) is 0 Å². The summed E-state index contributed by atoms with van der Waals surface area (Å²) < 4.78 is 38.1. The first-order valence-electron chi connectivity index (χ1n) is 6.28. The molecule has 2 aromatic rings. The summed E-state index contributed by atoms with van der Waals surface area (Å²) in [5, 5.41) is 0. The maximum atomic E-state index is 12.7. The van der Waals surface area contributed by atoms with Crippen LogP contribution in [0.15, 0.2) is 48.5 Å². The molecule has 0 fully saturated rings. The van der Waals surface area contributed by atoms with Gasteiger partial charge in [-0.1, -0.05) is 48.5 Å². The SMILES string of the molecule is FC(F)(F)CC1Cc2ccccc2-c2ccccc21. The third kappa shape index (κ3) is 2.37. The zero-order chi connectivity index (χ0) is 13.5. The van der Waals surface area contributed by atoms with Crippen LogP contribution < -0.4 is 0 Å². The molecule has 0 saturated heterocycles. The number of hydrogen-bond donors (Lipinski definition) is 0. The van der Waals surface area contributed by atoms with Crippen LogP contribution in [0.25, 0.3) is 11.1 Å². The molecule has 0 saturated carbocycles. The van der Waals surface area contributed by atoms with Gasteiger partial charge in [0, 0.05) is 0 Å². The predicted octanol–water partition coefficient (Wildman–Crippen LogP) is 4.95. The van der Waals surface area contributed by atoms with Crippen LogP contribution in [0.2, 0.25) is 0 Å². The average molecular weight is 262 g/mol. The second-order valence-corrected chi connectivity index (χ2v) is 4.96. The van der Waals surface area contributed by atoms with E-state index in [1.54, 1.807) is 0 Å². The Labute approximate surface area is 109 Å². The molecular formula is C16H13F3. The van der Waals surface area contributed by atoms with Gasteiger partial charge in [0.15, 0.2) is 0 Å². The highest BCUT2D eigenvalue weighted by molar-refractivity contribution is 5.73. The van der Waals surface area contributed by atoms with Gasteiger partial charge in [-0.15, -0.1) is 0 Å². The van der Waals surface area contributed by atoms with Gasteiger partial charge in [0.05, 0.1) is 6.42 Å². The molecule has 98 valence electrons. The second kappa shape index (κ2) is 4.41. The number of rotatable bonds is 1. The fraction of sp³-hybridized carbons (Fsp3) is 0.250. The van der Waals surface area contributed by atoms with Crippen molar-refractivity contribution in [3.8, 4) is 11.1 Å². The van der Waals surface area contributed by atoms with Crippen molar-refractivity contribution < 1.29 is 13.2 Å². The average Bonchev–Trinajstić information content (AvgIpc) is 2.37. The molecule has 1 aliphatic rings. The molecule has 0 aliphatic heterocycles. The van der Waals surface area contributed by atoms with E-state index in [4.69, 9.17) is 0 Å². The van der Waals surface area contributed by atoms with Crippen molar-refractivity contribution in [2.24, 2.45) is 0 Å². The molecule has 0 N–H and O–H groups in total. The lowest BCUT2D eigenvalue weighted by Gasteiger charge is -2.28. The summed E-state index contributed by atoms with van der Waals surface area (Å²) in [7, 11) is 0. The van der Waals surface area contributed by atoms with E-state index in [1.807, 2.05) is 48.5 Å². The molecule has 0 aromatic heterocycles. The van der Waals surface area contributed by atoms with Gasteiger partial charge >= 0.3 is 6.18 Å². The Morgan fingerprint density at radius 3 is 2.26 bits per heavy atom. The van der Waals surface area contributed by atoms with Crippen LogP contribution in [0.1, 0.15) is 23.5 Å². The summed E-state index contributed by atoms with van der Waals surface area (Å²) in [5.41, 5.74) is 3.84. The number of benzene rings is 2. The minimum Gasteiger partial charge on any atom is -0.171 e. The van der Waals surface area contributed by atoms with E-state index in [0.29, 0.717) is 6.42 Å². The van der Waals surface area contributed by atoms with E-state index >= 15 is 0 Å². The lowest BCUT2D eigenvalue weighted by atomic mass is 9.77. The Hall–Kier alpha value is -1.77. The van der Waals surface area contributed by atoms with E-state index in [9.17, 15) is 13.2 Å². The van der Waals surface area contributed by atoms with E-state index < -0.39 is 18.5 Å². The zero-order valence-electron chi connectivity index (χ0n) is 10.2. The first kappa shape index (κ1) is 12.3. The van der Waals surface area contributed by atoms with Crippen molar-refractivity contribution >= 4 is 0 Å². The number of halogens is 3. The molecule has 0 heterocycles. The van der Waals surface area contributed by atoms with Crippen molar-refractivity contribution in [2.45, 2.75) is 24.9 Å². The van der Waals surface area contributed by atoms with Gasteiger partial charge in [0.2, 0.25) is 0 Å². The number of fused-ring (bicyclic) bond motifs is 3. The molecule has 1 aliphatic carbocycles. The molecule has 0 radical (unpaired) electrons. The minimum atomic E-state index is -4.12. The molecule has 1 unspecified atom stereocenters. The molecular weight excluding hydrogens is 249 g/mol. The van der Waals surface area contributed by atoms with Gasteiger partial charge in [-0.2, -0.15) is 13.2 Å². The summed E-state index contributed by atoms with van der Waals surface area (Å²) in [6.45, 7) is 0. The van der Waals surface area contributed by atoms with Crippen molar-refractivity contribution in [2.75, 3.05) is 0 Å². The van der Waals surface area contributed by atoms with Gasteiger partial charge in [-0.05, 0) is 34.6 Å². The molecule has 1 atom stereocenters. The van der Waals surface area contributed by atoms with Gasteiger partial charge in [-0.25, -0.2) is 0 Å². The molecule has 0 amide bonds. The maximum Gasteiger partial charge on any atom is 0.389 e. The summed E-state index contributed by atoms with van der Waals surface area (Å²) in [5.74, 6) is -0.467. The molecule has 19 heavy (non-hydrogen) atoms. The van der Waals surface area contributed by atoms with E-state index in [0.717, 1.165) is 22.3 Å². The summed E-state index contributed by atoms with van der Waals surface area (Å²) >= 11 is 0. The fourth-order valence-electron chi connectivity index (χ4n) is 2.90. The minimum absolute atomic E-state index is 0.465. The first-order chi connectivity index (χ1) is 9.04. The Balaban J connectivity index is 2.09. The Morgan fingerprint density at radius 2 is 1.53 bits per heavy atom. The van der Waals surface area contributed by atoms with Crippen LogP contribution in [0.4, 0.5) is 13.2 Å². The summed E-state index contributed by atoms with van der Waals surface area (Å²) in [4.78, 5) is 0. The van der Waals surface area contributed by atoms with Crippen molar-refractivity contribution in [1.82, 2.24) is 0 Å². The molecule has 2 aromatic carbocycles. The summed E-state index contributed by atoms with van der Waals surface area (Å²) in [6, 6.07) is 15.2. The van der Waals surface area contributed by atoms with Crippen molar-refractivity contribution in [1.29, 1.82) is 0 Å². The predicted molar refractivity (Wildman–Crippen MR) is 69.0 cm³/mol. The number of hydrogen-bond acceptors (Lipinski definition) is 0. The van der Waals surface area contributed by atoms with Crippen molar-refractivity contribution in [3.63, 3.8) is 0 Å². The van der Waals surface area contributed by atoms with Crippen LogP contribution in [0, 0.1) is 0 Å². The van der Waals surface area contributed by atoms with Crippen LogP contribution in [0.5, 0.6) is 0 Å². The lowest BCUT2D eigenvalue weighted by Crippen LogP contribution is -2.19. The Morgan fingerprint density at radius 1 is 0.895 bits per heavy atom. The lowest BCUT2D eigenvalue weighted by molar-refractivity contribution is -0.138. The third-order valence-electron chi connectivity index (χ3n) is 3.65. The maximum absolute atomic E-state index is 12.7. The molecule has 3 rings (SSSR count). The van der Waals surface area contributed by atoms with Gasteiger partial charge < -0.3 is 0 Å². The highest BCUT2D eigenvalue weighted by atomic mass is 19.4. The van der Waals surface area contributed by atoms with Crippen LogP contribution in [-0.2, 0) is 6.42 Å². The smallest absolute Gasteiger partial charge is 0.171 e. The highest BCUT2D eigenvalue weighted by Crippen LogP contribution is 2.43. The molecule has 0 bridgehead atoms. The fourth-order valence-corrected chi connectivity index (χ4v) is 2.90. The highest BCUT2D eigenvalue weighted by Gasteiger charge is 2.35. The molecule has 0 spiro atoms. The van der Waals surface area contributed by atoms with Gasteiger partial charge in [0.25, 0.3) is 0 Å². The van der Waals surface area contributed by atoms with Crippen LogP contribution in [-0.4, -0.2) is 6.18 Å². The van der Waals surface area contributed by atoms with Crippen LogP contribution >= 0.6 is 0 Å². The molecule has 3 heteroatoms. The quantitative estimate of drug-likeness (QED) is 0.682. The van der Waals surface area contributed by atoms with E-state index in [1.165, 1.54) is 0 Å². The first-order valence-corrected chi connectivity index (χ1v) is 6.28.